The molecule has 194 valence electrons. The number of benzene rings is 2. The van der Waals surface area contributed by atoms with Crippen molar-refractivity contribution < 1.29 is 31.1 Å². The number of rotatable bonds is 5. The third kappa shape index (κ3) is 5.65. The van der Waals surface area contributed by atoms with Crippen LogP contribution in [0.5, 0.6) is 0 Å². The third-order valence-electron chi connectivity index (χ3n) is 5.50. The monoisotopic (exact) mass is 541 g/mol. The molecule has 2 heterocycles. The topological polar surface area (TPSA) is 80.6 Å². The number of hydrogen-bond acceptors (Lipinski definition) is 4. The summed E-state index contributed by atoms with van der Waals surface area (Å²) < 4.78 is 77.8. The van der Waals surface area contributed by atoms with Gasteiger partial charge >= 0.3 is 12.3 Å². The summed E-state index contributed by atoms with van der Waals surface area (Å²) in [5, 5.41) is -0.276. The van der Waals surface area contributed by atoms with Gasteiger partial charge in [-0.3, -0.25) is 3.97 Å². The Labute approximate surface area is 211 Å². The highest BCUT2D eigenvalue weighted by Crippen LogP contribution is 2.38. The molecule has 1 aliphatic rings. The molecule has 1 aliphatic heterocycles. The lowest BCUT2D eigenvalue weighted by atomic mass is 10.1. The molecule has 0 radical (unpaired) electrons. The molecule has 1 aromatic heterocycles. The molecule has 3 atom stereocenters. The van der Waals surface area contributed by atoms with Gasteiger partial charge in [0.15, 0.2) is 11.0 Å². The van der Waals surface area contributed by atoms with Crippen molar-refractivity contribution in [2.45, 2.75) is 54.8 Å². The lowest BCUT2D eigenvalue weighted by molar-refractivity contribution is -0.136. The SMILES string of the molecule is CC(C)(C)OC(=O)N1CCC(NS(=O)c2cn(S(=O)c3ccccc3)c3cccc(C(F)(F)F)c23)C1. The van der Waals surface area contributed by atoms with E-state index in [1.54, 1.807) is 51.1 Å². The molecular formula is C24H26F3N3O4S2. The minimum absolute atomic E-state index is 0.0546. The van der Waals surface area contributed by atoms with Crippen LogP contribution in [0.15, 0.2) is 64.5 Å². The first-order chi connectivity index (χ1) is 16.8. The molecule has 3 aromatic rings. The molecule has 1 saturated heterocycles. The van der Waals surface area contributed by atoms with E-state index in [0.717, 1.165) is 6.07 Å². The van der Waals surface area contributed by atoms with E-state index < -0.39 is 51.4 Å². The number of halogens is 3. The van der Waals surface area contributed by atoms with Crippen molar-refractivity contribution in [2.24, 2.45) is 0 Å². The molecule has 0 spiro atoms. The second kappa shape index (κ2) is 9.98. The van der Waals surface area contributed by atoms with Crippen LogP contribution in [0.3, 0.4) is 0 Å². The molecule has 2 aromatic carbocycles. The number of hydrogen-bond donors (Lipinski definition) is 1. The first kappa shape index (κ1) is 26.4. The number of carbonyl (C=O) groups excluding carboxylic acids is 1. The fourth-order valence-corrected chi connectivity index (χ4v) is 6.39. The Morgan fingerprint density at radius 1 is 1.06 bits per heavy atom. The van der Waals surface area contributed by atoms with Gasteiger partial charge in [-0.2, -0.15) is 13.2 Å². The van der Waals surface area contributed by atoms with Crippen LogP contribution in [-0.2, 0) is 32.9 Å². The third-order valence-corrected chi connectivity index (χ3v) is 8.09. The van der Waals surface area contributed by atoms with Crippen LogP contribution in [0.2, 0.25) is 0 Å². The summed E-state index contributed by atoms with van der Waals surface area (Å²) in [6.07, 6.45) is -3.52. The number of aromatic nitrogens is 1. The van der Waals surface area contributed by atoms with E-state index in [0.29, 0.717) is 17.9 Å². The molecule has 7 nitrogen and oxygen atoms in total. The number of alkyl halides is 3. The Morgan fingerprint density at radius 2 is 1.75 bits per heavy atom. The molecular weight excluding hydrogens is 515 g/mol. The highest BCUT2D eigenvalue weighted by Gasteiger charge is 2.36. The van der Waals surface area contributed by atoms with Crippen LogP contribution in [0.1, 0.15) is 32.8 Å². The fraction of sp³-hybridized carbons (Fsp3) is 0.375. The van der Waals surface area contributed by atoms with Crippen molar-refractivity contribution in [1.29, 1.82) is 0 Å². The van der Waals surface area contributed by atoms with E-state index in [1.165, 1.54) is 27.2 Å². The smallest absolute Gasteiger partial charge is 0.417 e. The van der Waals surface area contributed by atoms with Crippen LogP contribution in [0.25, 0.3) is 10.9 Å². The van der Waals surface area contributed by atoms with E-state index in [1.807, 2.05) is 0 Å². The summed E-state index contributed by atoms with van der Waals surface area (Å²) >= 11 is 0. The van der Waals surface area contributed by atoms with Crippen LogP contribution < -0.4 is 4.72 Å². The maximum atomic E-state index is 13.9. The summed E-state index contributed by atoms with van der Waals surface area (Å²) in [5.41, 5.74) is -1.58. The van der Waals surface area contributed by atoms with Crippen molar-refractivity contribution in [3.05, 3.63) is 60.3 Å². The molecule has 3 unspecified atom stereocenters. The molecule has 1 amide bonds. The average molecular weight is 542 g/mol. The van der Waals surface area contributed by atoms with E-state index in [4.69, 9.17) is 4.74 Å². The Kier molecular flexibility index (Phi) is 7.31. The van der Waals surface area contributed by atoms with Gasteiger partial charge < -0.3 is 9.64 Å². The van der Waals surface area contributed by atoms with Crippen molar-refractivity contribution in [2.75, 3.05) is 13.1 Å². The molecule has 1 fully saturated rings. The molecule has 0 bridgehead atoms. The highest BCUT2D eigenvalue weighted by atomic mass is 32.2. The first-order valence-electron chi connectivity index (χ1n) is 11.2. The minimum atomic E-state index is -4.71. The zero-order valence-electron chi connectivity index (χ0n) is 19.9. The first-order valence-corrected chi connectivity index (χ1v) is 13.5. The summed E-state index contributed by atoms with van der Waals surface area (Å²) in [6, 6.07) is 11.5. The summed E-state index contributed by atoms with van der Waals surface area (Å²) in [5.74, 6) is 0. The van der Waals surface area contributed by atoms with E-state index in [2.05, 4.69) is 4.72 Å². The number of fused-ring (bicyclic) bond motifs is 1. The van der Waals surface area contributed by atoms with Gasteiger partial charge in [0.1, 0.15) is 16.6 Å². The van der Waals surface area contributed by atoms with Gasteiger partial charge in [-0.15, -0.1) is 0 Å². The average Bonchev–Trinajstić information content (AvgIpc) is 3.42. The van der Waals surface area contributed by atoms with Crippen molar-refractivity contribution in [1.82, 2.24) is 13.6 Å². The van der Waals surface area contributed by atoms with Crippen molar-refractivity contribution >= 4 is 39.0 Å². The number of amides is 1. The Bertz CT molecular complexity index is 1320. The van der Waals surface area contributed by atoms with Gasteiger partial charge in [-0.1, -0.05) is 24.3 Å². The molecule has 36 heavy (non-hydrogen) atoms. The van der Waals surface area contributed by atoms with Crippen LogP contribution in [-0.4, -0.2) is 48.1 Å². The molecule has 12 heteroatoms. The largest absolute Gasteiger partial charge is 0.444 e. The predicted molar refractivity (Wildman–Crippen MR) is 131 cm³/mol. The van der Waals surface area contributed by atoms with E-state index in [-0.39, 0.29) is 22.3 Å². The van der Waals surface area contributed by atoms with Gasteiger partial charge in [0.05, 0.1) is 20.9 Å². The van der Waals surface area contributed by atoms with Crippen LogP contribution in [0.4, 0.5) is 18.0 Å². The van der Waals surface area contributed by atoms with Gasteiger partial charge in [-0.25, -0.2) is 17.9 Å². The van der Waals surface area contributed by atoms with Crippen molar-refractivity contribution in [3.8, 4) is 0 Å². The number of nitrogens with one attached hydrogen (secondary N) is 1. The van der Waals surface area contributed by atoms with E-state index >= 15 is 0 Å². The van der Waals surface area contributed by atoms with Gasteiger partial charge in [0, 0.05) is 30.7 Å². The molecule has 0 saturated carbocycles. The van der Waals surface area contributed by atoms with Crippen LogP contribution >= 0.6 is 0 Å². The second-order valence-electron chi connectivity index (χ2n) is 9.38. The number of likely N-dealkylation sites (tertiary alicyclic amines) is 1. The number of nitrogens with zero attached hydrogens (tertiary/aromatic N) is 2. The molecule has 1 N–H and O–H groups in total. The lowest BCUT2D eigenvalue weighted by Crippen LogP contribution is -2.38. The Hall–Kier alpha value is -2.70. The quantitative estimate of drug-likeness (QED) is 0.501. The molecule has 0 aliphatic carbocycles. The Morgan fingerprint density at radius 3 is 2.39 bits per heavy atom. The molecule has 4 rings (SSSR count). The zero-order chi connectivity index (χ0) is 26.3. The summed E-state index contributed by atoms with van der Waals surface area (Å²) in [6.45, 7) is 5.80. The van der Waals surface area contributed by atoms with Crippen LogP contribution in [0, 0.1) is 0 Å². The van der Waals surface area contributed by atoms with Gasteiger partial charge in [0.2, 0.25) is 0 Å². The normalized spacial score (nSPS) is 18.4. The minimum Gasteiger partial charge on any atom is -0.444 e. The zero-order valence-corrected chi connectivity index (χ0v) is 21.5. The lowest BCUT2D eigenvalue weighted by Gasteiger charge is -2.24. The second-order valence-corrected chi connectivity index (χ2v) is 12.0. The van der Waals surface area contributed by atoms with Gasteiger partial charge in [-0.05, 0) is 51.5 Å². The maximum absolute atomic E-state index is 13.9. The van der Waals surface area contributed by atoms with Crippen molar-refractivity contribution in [3.63, 3.8) is 0 Å². The van der Waals surface area contributed by atoms with Gasteiger partial charge in [0.25, 0.3) is 0 Å². The number of carbonyl (C=O) groups is 1. The predicted octanol–water partition coefficient (Wildman–Crippen LogP) is 4.85. The standard InChI is InChI=1S/C24H26F3N3O4S2/c1-23(2,3)34-22(31)29-13-12-16(14-29)28-35(32)20-15-30(36(33)17-8-5-4-6-9-17)19-11-7-10-18(21(19)20)24(25,26)27/h4-11,15-16,28H,12-14H2,1-3H3. The summed E-state index contributed by atoms with van der Waals surface area (Å²) in [7, 11) is -3.94. The Balaban J connectivity index is 1.66. The highest BCUT2D eigenvalue weighted by molar-refractivity contribution is 7.84. The summed E-state index contributed by atoms with van der Waals surface area (Å²) in [4.78, 5) is 14.1. The maximum Gasteiger partial charge on any atom is 0.417 e. The van der Waals surface area contributed by atoms with E-state index in [9.17, 15) is 26.4 Å². The fourth-order valence-electron chi connectivity index (χ4n) is 3.95. The number of ether oxygens (including phenoxy) is 1.